The lowest BCUT2D eigenvalue weighted by molar-refractivity contribution is 0.148. The zero-order valence-corrected chi connectivity index (χ0v) is 13.9. The molecule has 1 fully saturated rings. The molecule has 0 N–H and O–H groups in total. The third-order valence-electron chi connectivity index (χ3n) is 4.50. The van der Waals surface area contributed by atoms with Crippen LogP contribution in [0.4, 0.5) is 0 Å². The topological polar surface area (TPSA) is 51.8 Å². The number of piperidine rings is 1. The van der Waals surface area contributed by atoms with E-state index in [0.29, 0.717) is 5.92 Å². The third-order valence-corrected chi connectivity index (χ3v) is 4.50. The Balaban J connectivity index is 1.60. The Kier molecular flexibility index (Phi) is 4.57. The normalized spacial score (nSPS) is 19.7. The van der Waals surface area contributed by atoms with Gasteiger partial charge in [-0.3, -0.25) is 4.90 Å². The summed E-state index contributed by atoms with van der Waals surface area (Å²) in [5.41, 5.74) is 0. The van der Waals surface area contributed by atoms with Gasteiger partial charge in [0.05, 0.1) is 6.54 Å². The first-order chi connectivity index (χ1) is 10.7. The fourth-order valence-corrected chi connectivity index (χ4v) is 3.40. The molecule has 1 atom stereocenters. The van der Waals surface area contributed by atoms with Gasteiger partial charge in [0.2, 0.25) is 0 Å². The molecular weight excluding hydrogens is 276 g/mol. The van der Waals surface area contributed by atoms with E-state index < -0.39 is 0 Å². The van der Waals surface area contributed by atoms with Crippen molar-refractivity contribution < 1.29 is 0 Å². The standard InChI is InChI=1S/C16H26N6/c1-4-21-9-7-17-16(21)12-20-8-5-6-15(10-20)11-22-14(3)18-13(2)19-22/h7,9,15H,4-6,8,10-12H2,1-3H3/t15-/m0/s1. The van der Waals surface area contributed by atoms with E-state index in [1.54, 1.807) is 0 Å². The number of aryl methyl sites for hydroxylation is 3. The molecular formula is C16H26N6. The molecule has 6 nitrogen and oxygen atoms in total. The second-order valence-corrected chi connectivity index (χ2v) is 6.26. The molecule has 3 rings (SSSR count). The van der Waals surface area contributed by atoms with Crippen LogP contribution >= 0.6 is 0 Å². The second-order valence-electron chi connectivity index (χ2n) is 6.26. The predicted octanol–water partition coefficient (Wildman–Crippen LogP) is 2.02. The molecule has 6 heteroatoms. The maximum absolute atomic E-state index is 4.50. The number of hydrogen-bond donors (Lipinski definition) is 0. The highest BCUT2D eigenvalue weighted by Gasteiger charge is 2.22. The first-order valence-corrected chi connectivity index (χ1v) is 8.26. The van der Waals surface area contributed by atoms with Crippen LogP contribution in [0.2, 0.25) is 0 Å². The maximum Gasteiger partial charge on any atom is 0.147 e. The van der Waals surface area contributed by atoms with Gasteiger partial charge in [-0.05, 0) is 46.1 Å². The van der Waals surface area contributed by atoms with Crippen molar-refractivity contribution in [3.8, 4) is 0 Å². The highest BCUT2D eigenvalue weighted by molar-refractivity contribution is 4.93. The van der Waals surface area contributed by atoms with Crippen LogP contribution in [0.15, 0.2) is 12.4 Å². The molecule has 1 saturated heterocycles. The fraction of sp³-hybridized carbons (Fsp3) is 0.688. The Hall–Kier alpha value is -1.69. The Morgan fingerprint density at radius 1 is 1.32 bits per heavy atom. The van der Waals surface area contributed by atoms with Crippen LogP contribution in [-0.2, 0) is 19.6 Å². The molecule has 0 saturated carbocycles. The summed E-state index contributed by atoms with van der Waals surface area (Å²) in [6.07, 6.45) is 6.50. The smallest absolute Gasteiger partial charge is 0.147 e. The Morgan fingerprint density at radius 3 is 2.91 bits per heavy atom. The summed E-state index contributed by atoms with van der Waals surface area (Å²) < 4.78 is 4.30. The van der Waals surface area contributed by atoms with E-state index in [4.69, 9.17) is 0 Å². The van der Waals surface area contributed by atoms with E-state index in [2.05, 4.69) is 42.3 Å². The summed E-state index contributed by atoms with van der Waals surface area (Å²) in [4.78, 5) is 11.4. The molecule has 0 aliphatic carbocycles. The van der Waals surface area contributed by atoms with Crippen molar-refractivity contribution in [2.75, 3.05) is 13.1 Å². The van der Waals surface area contributed by atoms with E-state index >= 15 is 0 Å². The molecule has 22 heavy (non-hydrogen) atoms. The van der Waals surface area contributed by atoms with Crippen molar-refractivity contribution in [3.63, 3.8) is 0 Å². The summed E-state index contributed by atoms with van der Waals surface area (Å²) in [5.74, 6) is 3.72. The van der Waals surface area contributed by atoms with Crippen molar-refractivity contribution in [2.45, 2.75) is 53.2 Å². The lowest BCUT2D eigenvalue weighted by atomic mass is 9.98. The van der Waals surface area contributed by atoms with Crippen molar-refractivity contribution >= 4 is 0 Å². The molecule has 2 aromatic heterocycles. The monoisotopic (exact) mass is 302 g/mol. The second kappa shape index (κ2) is 6.60. The maximum atomic E-state index is 4.50. The Labute approximate surface area is 132 Å². The number of nitrogens with zero attached hydrogens (tertiary/aromatic N) is 6. The molecule has 0 aromatic carbocycles. The van der Waals surface area contributed by atoms with E-state index in [9.17, 15) is 0 Å². The SMILES string of the molecule is CCn1ccnc1CN1CCC[C@H](Cn2nc(C)nc2C)C1. The third kappa shape index (κ3) is 3.38. The van der Waals surface area contributed by atoms with E-state index in [1.807, 2.05) is 20.0 Å². The highest BCUT2D eigenvalue weighted by atomic mass is 15.3. The molecule has 0 spiro atoms. The molecule has 0 amide bonds. The van der Waals surface area contributed by atoms with Gasteiger partial charge in [0.1, 0.15) is 17.5 Å². The van der Waals surface area contributed by atoms with Crippen molar-refractivity contribution in [1.29, 1.82) is 0 Å². The van der Waals surface area contributed by atoms with Crippen LogP contribution in [-0.4, -0.2) is 42.3 Å². The van der Waals surface area contributed by atoms with Gasteiger partial charge < -0.3 is 4.57 Å². The van der Waals surface area contributed by atoms with Gasteiger partial charge in [0.25, 0.3) is 0 Å². The van der Waals surface area contributed by atoms with Crippen molar-refractivity contribution in [3.05, 3.63) is 29.9 Å². The number of likely N-dealkylation sites (tertiary alicyclic amines) is 1. The van der Waals surface area contributed by atoms with Gasteiger partial charge in [-0.2, -0.15) is 5.10 Å². The Bertz CT molecular complexity index is 614. The largest absolute Gasteiger partial charge is 0.334 e. The van der Waals surface area contributed by atoms with E-state index in [1.165, 1.54) is 25.2 Å². The molecule has 1 aliphatic rings. The summed E-state index contributed by atoms with van der Waals surface area (Å²) in [6.45, 7) is 11.4. The predicted molar refractivity (Wildman–Crippen MR) is 85.4 cm³/mol. The number of rotatable bonds is 5. The van der Waals surface area contributed by atoms with E-state index in [-0.39, 0.29) is 0 Å². The number of hydrogen-bond acceptors (Lipinski definition) is 4. The fourth-order valence-electron chi connectivity index (χ4n) is 3.40. The number of imidazole rings is 1. The van der Waals surface area contributed by atoms with Gasteiger partial charge in [0, 0.05) is 32.0 Å². The van der Waals surface area contributed by atoms with Gasteiger partial charge in [0.15, 0.2) is 0 Å². The lowest BCUT2D eigenvalue weighted by Gasteiger charge is -2.32. The first kappa shape index (κ1) is 15.2. The van der Waals surface area contributed by atoms with Crippen LogP contribution in [0.1, 0.15) is 37.2 Å². The first-order valence-electron chi connectivity index (χ1n) is 8.26. The molecule has 120 valence electrons. The van der Waals surface area contributed by atoms with Crippen LogP contribution in [0, 0.1) is 19.8 Å². The summed E-state index contributed by atoms with van der Waals surface area (Å²) >= 11 is 0. The minimum Gasteiger partial charge on any atom is -0.334 e. The lowest BCUT2D eigenvalue weighted by Crippen LogP contribution is -2.37. The minimum atomic E-state index is 0.651. The average Bonchev–Trinajstić information content (AvgIpc) is 3.06. The van der Waals surface area contributed by atoms with Crippen molar-refractivity contribution in [1.82, 2.24) is 29.2 Å². The van der Waals surface area contributed by atoms with Gasteiger partial charge in [-0.15, -0.1) is 0 Å². The average molecular weight is 302 g/mol. The van der Waals surface area contributed by atoms with Crippen molar-refractivity contribution in [2.24, 2.45) is 5.92 Å². The zero-order chi connectivity index (χ0) is 15.5. The minimum absolute atomic E-state index is 0.651. The highest BCUT2D eigenvalue weighted by Crippen LogP contribution is 2.20. The van der Waals surface area contributed by atoms with Gasteiger partial charge >= 0.3 is 0 Å². The molecule has 1 aliphatic heterocycles. The van der Waals surface area contributed by atoms with E-state index in [0.717, 1.165) is 37.8 Å². The Morgan fingerprint density at radius 2 is 2.18 bits per heavy atom. The molecule has 0 unspecified atom stereocenters. The molecule has 3 heterocycles. The molecule has 2 aromatic rings. The van der Waals surface area contributed by atoms with Crippen LogP contribution in [0.3, 0.4) is 0 Å². The summed E-state index contributed by atoms with van der Waals surface area (Å²) in [7, 11) is 0. The van der Waals surface area contributed by atoms with Crippen LogP contribution < -0.4 is 0 Å². The number of aromatic nitrogens is 5. The van der Waals surface area contributed by atoms with Crippen LogP contribution in [0.5, 0.6) is 0 Å². The molecule has 0 bridgehead atoms. The molecule has 0 radical (unpaired) electrons. The zero-order valence-electron chi connectivity index (χ0n) is 13.9. The van der Waals surface area contributed by atoms with Crippen LogP contribution in [0.25, 0.3) is 0 Å². The van der Waals surface area contributed by atoms with Gasteiger partial charge in [-0.1, -0.05) is 0 Å². The summed E-state index contributed by atoms with van der Waals surface area (Å²) in [6, 6.07) is 0. The van der Waals surface area contributed by atoms with Gasteiger partial charge in [-0.25, -0.2) is 14.6 Å². The summed E-state index contributed by atoms with van der Waals surface area (Å²) in [5, 5.41) is 4.50. The quantitative estimate of drug-likeness (QED) is 0.848.